The molecule has 0 bridgehead atoms. The highest BCUT2D eigenvalue weighted by molar-refractivity contribution is 7.19. The van der Waals surface area contributed by atoms with Gasteiger partial charge in [-0.2, -0.15) is 0 Å². The van der Waals surface area contributed by atoms with Crippen molar-refractivity contribution >= 4 is 94.2 Å². The fourth-order valence-corrected chi connectivity index (χ4v) is 15.9. The van der Waals surface area contributed by atoms with Crippen LogP contribution in [0.4, 0.5) is 0 Å². The molecular formula is C61H43N3Si. The molecular weight excluding hydrogens is 803 g/mol. The summed E-state index contributed by atoms with van der Waals surface area (Å²) in [7, 11) is -2.69. The number of fused-ring (bicyclic) bond motifs is 9. The lowest BCUT2D eigenvalue weighted by Gasteiger charge is -2.34. The smallest absolute Gasteiger partial charge is 0.179 e. The first-order valence-electron chi connectivity index (χ1n) is 22.5. The minimum absolute atomic E-state index is 1.14. The molecule has 0 atom stereocenters. The summed E-state index contributed by atoms with van der Waals surface area (Å²) in [6.07, 6.45) is 0. The van der Waals surface area contributed by atoms with Gasteiger partial charge < -0.3 is 13.7 Å². The first kappa shape index (κ1) is 37.4. The van der Waals surface area contributed by atoms with Crippen LogP contribution < -0.4 is 20.7 Å². The van der Waals surface area contributed by atoms with Crippen molar-refractivity contribution in [2.45, 2.75) is 6.92 Å². The van der Waals surface area contributed by atoms with Crippen LogP contribution >= 0.6 is 0 Å². The average Bonchev–Trinajstić information content (AvgIpc) is 4.01. The van der Waals surface area contributed by atoms with Crippen molar-refractivity contribution in [3.05, 3.63) is 248 Å². The first-order chi connectivity index (χ1) is 32.2. The zero-order valence-electron chi connectivity index (χ0n) is 35.9. The van der Waals surface area contributed by atoms with E-state index < -0.39 is 8.07 Å². The third-order valence-electron chi connectivity index (χ3n) is 13.8. The maximum absolute atomic E-state index is 2.69. The van der Waals surface area contributed by atoms with Gasteiger partial charge in [0.2, 0.25) is 0 Å². The Bertz CT molecular complexity index is 3840. The Morgan fingerprint density at radius 3 is 1.37 bits per heavy atom. The third-order valence-corrected chi connectivity index (χ3v) is 18.6. The fraction of sp³-hybridized carbons (Fsp3) is 0.0164. The van der Waals surface area contributed by atoms with Gasteiger partial charge in [0.05, 0.1) is 44.5 Å². The molecule has 3 heterocycles. The topological polar surface area (TPSA) is 14.8 Å². The van der Waals surface area contributed by atoms with Gasteiger partial charge in [0.15, 0.2) is 8.07 Å². The fourth-order valence-electron chi connectivity index (χ4n) is 11.2. The number of aryl methyl sites for hydroxylation is 1. The van der Waals surface area contributed by atoms with Gasteiger partial charge in [-0.3, -0.25) is 0 Å². The molecule has 0 spiro atoms. The van der Waals surface area contributed by atoms with Crippen molar-refractivity contribution < 1.29 is 0 Å². The van der Waals surface area contributed by atoms with E-state index in [4.69, 9.17) is 0 Å². The van der Waals surface area contributed by atoms with Crippen molar-refractivity contribution in [3.63, 3.8) is 0 Å². The van der Waals surface area contributed by atoms with Gasteiger partial charge >= 0.3 is 0 Å². The van der Waals surface area contributed by atoms with E-state index in [1.165, 1.54) is 91.7 Å². The van der Waals surface area contributed by atoms with E-state index in [0.717, 1.165) is 17.1 Å². The first-order valence-corrected chi connectivity index (χ1v) is 24.5. The molecule has 13 rings (SSSR count). The highest BCUT2D eigenvalue weighted by atomic mass is 28.3. The monoisotopic (exact) mass is 845 g/mol. The number of hydrogen-bond donors (Lipinski definition) is 0. The molecule has 0 N–H and O–H groups in total. The molecule has 0 aliphatic rings. The Morgan fingerprint density at radius 2 is 0.738 bits per heavy atom. The van der Waals surface area contributed by atoms with E-state index in [1.807, 2.05) is 0 Å². The standard InChI is InChI=1S/C61H43N3Si/c1-42-35-40-56-52(41-42)49-26-12-14-29-53(49)63(56)59-34-17-28-50-48-25-11-15-30-54(48)64(61(50)59)58-33-18-32-57-60(58)51-27-13-16-31-55(51)62(57)43-36-38-47(39-37-43)65(44-19-5-2-6-20-44,45-21-7-3-8-22-45)46-23-9-4-10-24-46/h2-41H,1H3. The Labute approximate surface area is 378 Å². The molecule has 0 fully saturated rings. The molecule has 65 heavy (non-hydrogen) atoms. The van der Waals surface area contributed by atoms with E-state index >= 15 is 0 Å². The van der Waals surface area contributed by atoms with Crippen LogP contribution in [0.2, 0.25) is 0 Å². The lowest BCUT2D eigenvalue weighted by molar-refractivity contribution is 1.14. The van der Waals surface area contributed by atoms with Gasteiger partial charge in [-0.05, 0) is 88.3 Å². The molecule has 13 aromatic rings. The zero-order valence-corrected chi connectivity index (χ0v) is 36.9. The van der Waals surface area contributed by atoms with Gasteiger partial charge in [0.25, 0.3) is 0 Å². The predicted molar refractivity (Wildman–Crippen MR) is 278 cm³/mol. The SMILES string of the molecule is Cc1ccc2c(c1)c1ccccc1n2-c1cccc2c3ccccc3n(-c3cccc4c3c3ccccc3n4-c3ccc([Si](c4ccccc4)(c4ccccc4)c4ccccc4)cc3)c12. The minimum Gasteiger partial charge on any atom is -0.309 e. The number of aromatic nitrogens is 3. The molecule has 0 amide bonds. The molecule has 3 aromatic heterocycles. The number of benzene rings is 10. The molecule has 0 saturated heterocycles. The normalized spacial score (nSPS) is 12.1. The van der Waals surface area contributed by atoms with Crippen LogP contribution in [0, 0.1) is 6.92 Å². The number of para-hydroxylation sites is 4. The van der Waals surface area contributed by atoms with Crippen molar-refractivity contribution in [2.24, 2.45) is 0 Å². The molecule has 0 aliphatic carbocycles. The van der Waals surface area contributed by atoms with Gasteiger partial charge in [0, 0.05) is 38.0 Å². The molecule has 0 saturated carbocycles. The van der Waals surface area contributed by atoms with Crippen LogP contribution in [-0.4, -0.2) is 21.8 Å². The summed E-state index contributed by atoms with van der Waals surface area (Å²) in [6.45, 7) is 2.19. The lowest BCUT2D eigenvalue weighted by Crippen LogP contribution is -2.74. The molecule has 10 aromatic carbocycles. The van der Waals surface area contributed by atoms with Crippen molar-refractivity contribution in [3.8, 4) is 17.1 Å². The number of rotatable bonds is 7. The summed E-state index contributed by atoms with van der Waals surface area (Å²) >= 11 is 0. The zero-order chi connectivity index (χ0) is 43.1. The van der Waals surface area contributed by atoms with Gasteiger partial charge in [-0.15, -0.1) is 0 Å². The predicted octanol–water partition coefficient (Wildman–Crippen LogP) is 12.7. The van der Waals surface area contributed by atoms with E-state index in [9.17, 15) is 0 Å². The summed E-state index contributed by atoms with van der Waals surface area (Å²) in [4.78, 5) is 0. The summed E-state index contributed by atoms with van der Waals surface area (Å²) in [5, 5.41) is 12.9. The number of nitrogens with zero attached hydrogens (tertiary/aromatic N) is 3. The van der Waals surface area contributed by atoms with Gasteiger partial charge in [0.1, 0.15) is 0 Å². The van der Waals surface area contributed by atoms with E-state index in [-0.39, 0.29) is 0 Å². The second-order valence-corrected chi connectivity index (χ2v) is 21.1. The van der Waals surface area contributed by atoms with Crippen LogP contribution in [-0.2, 0) is 0 Å². The van der Waals surface area contributed by atoms with Gasteiger partial charge in [-0.1, -0.05) is 188 Å². The maximum atomic E-state index is 2.54. The molecule has 0 unspecified atom stereocenters. The van der Waals surface area contributed by atoms with E-state index in [2.05, 4.69) is 263 Å². The molecule has 4 heteroatoms. The quantitative estimate of drug-likeness (QED) is 0.112. The van der Waals surface area contributed by atoms with Crippen LogP contribution in [0.25, 0.3) is 82.5 Å². The highest BCUT2D eigenvalue weighted by Gasteiger charge is 2.41. The Morgan fingerprint density at radius 1 is 0.292 bits per heavy atom. The second kappa shape index (κ2) is 14.7. The van der Waals surface area contributed by atoms with Crippen LogP contribution in [0.5, 0.6) is 0 Å². The minimum atomic E-state index is -2.69. The summed E-state index contributed by atoms with van der Waals surface area (Å²) in [5.41, 5.74) is 11.9. The molecule has 306 valence electrons. The van der Waals surface area contributed by atoms with Crippen molar-refractivity contribution in [2.75, 3.05) is 0 Å². The Balaban J connectivity index is 1.07. The third kappa shape index (κ3) is 5.48. The van der Waals surface area contributed by atoms with Crippen LogP contribution in [0.1, 0.15) is 5.56 Å². The van der Waals surface area contributed by atoms with Crippen molar-refractivity contribution in [1.82, 2.24) is 13.7 Å². The second-order valence-electron chi connectivity index (χ2n) is 17.3. The summed E-state index contributed by atoms with van der Waals surface area (Å²) in [5.74, 6) is 0. The highest BCUT2D eigenvalue weighted by Crippen LogP contribution is 2.43. The van der Waals surface area contributed by atoms with Crippen LogP contribution in [0.15, 0.2) is 243 Å². The molecule has 0 aliphatic heterocycles. The van der Waals surface area contributed by atoms with E-state index in [1.54, 1.807) is 0 Å². The number of hydrogen-bond acceptors (Lipinski definition) is 0. The van der Waals surface area contributed by atoms with Gasteiger partial charge in [-0.25, -0.2) is 0 Å². The maximum Gasteiger partial charge on any atom is 0.179 e. The Kier molecular flexibility index (Phi) is 8.45. The van der Waals surface area contributed by atoms with E-state index in [0.29, 0.717) is 0 Å². The molecule has 3 nitrogen and oxygen atoms in total. The lowest BCUT2D eigenvalue weighted by atomic mass is 10.1. The average molecular weight is 846 g/mol. The van der Waals surface area contributed by atoms with Crippen molar-refractivity contribution in [1.29, 1.82) is 0 Å². The molecule has 0 radical (unpaired) electrons. The summed E-state index contributed by atoms with van der Waals surface area (Å²) in [6, 6.07) is 90.3. The van der Waals surface area contributed by atoms with Crippen LogP contribution in [0.3, 0.4) is 0 Å². The largest absolute Gasteiger partial charge is 0.309 e. The Hall–Kier alpha value is -8.18. The summed E-state index contributed by atoms with van der Waals surface area (Å²) < 4.78 is 7.49.